The number of amides is 1. The Hall–Kier alpha value is -1.05. The van der Waals surface area contributed by atoms with Crippen molar-refractivity contribution in [1.29, 1.82) is 0 Å². The van der Waals surface area contributed by atoms with Gasteiger partial charge in [0, 0.05) is 18.7 Å². The van der Waals surface area contributed by atoms with Gasteiger partial charge in [-0.25, -0.2) is 0 Å². The Morgan fingerprint density at radius 1 is 1.25 bits per heavy atom. The topological polar surface area (TPSA) is 20.3 Å². The summed E-state index contributed by atoms with van der Waals surface area (Å²) in [5.41, 5.74) is 0.511. The lowest BCUT2D eigenvalue weighted by molar-refractivity contribution is -0.127. The van der Waals surface area contributed by atoms with E-state index in [2.05, 4.69) is 13.2 Å². The highest BCUT2D eigenvalue weighted by Crippen LogP contribution is 2.11. The van der Waals surface area contributed by atoms with Crippen molar-refractivity contribution in [1.82, 2.24) is 4.90 Å². The molecule has 0 spiro atoms. The normalized spacial score (nSPS) is 17.2. The van der Waals surface area contributed by atoms with Gasteiger partial charge in [-0.15, -0.1) is 0 Å². The third-order valence-corrected chi connectivity index (χ3v) is 2.16. The zero-order valence-corrected chi connectivity index (χ0v) is 7.38. The van der Waals surface area contributed by atoms with E-state index in [0.717, 1.165) is 25.9 Å². The van der Waals surface area contributed by atoms with E-state index < -0.39 is 0 Å². The second-order valence-electron chi connectivity index (χ2n) is 3.08. The summed E-state index contributed by atoms with van der Waals surface area (Å²) in [7, 11) is 0. The molecule has 0 aromatic carbocycles. The molecule has 0 aromatic heterocycles. The van der Waals surface area contributed by atoms with Crippen LogP contribution in [-0.2, 0) is 4.79 Å². The van der Waals surface area contributed by atoms with Gasteiger partial charge in [0.25, 0.3) is 5.91 Å². The van der Waals surface area contributed by atoms with Crippen molar-refractivity contribution in [2.45, 2.75) is 19.3 Å². The maximum absolute atomic E-state index is 11.5. The van der Waals surface area contributed by atoms with E-state index in [1.165, 1.54) is 12.5 Å². The molecule has 2 nitrogen and oxygen atoms in total. The second-order valence-corrected chi connectivity index (χ2v) is 3.08. The summed E-state index contributed by atoms with van der Waals surface area (Å²) in [4.78, 5) is 13.3. The summed E-state index contributed by atoms with van der Waals surface area (Å²) in [5.74, 6) is 0.0460. The van der Waals surface area contributed by atoms with Gasteiger partial charge in [0.2, 0.25) is 0 Å². The van der Waals surface area contributed by atoms with E-state index >= 15 is 0 Å². The third-order valence-electron chi connectivity index (χ3n) is 2.16. The summed E-state index contributed by atoms with van der Waals surface area (Å²) in [6.45, 7) is 8.93. The van der Waals surface area contributed by atoms with E-state index in [1.54, 1.807) is 0 Å². The lowest BCUT2D eigenvalue weighted by atomic mass is 10.1. The van der Waals surface area contributed by atoms with E-state index in [9.17, 15) is 4.79 Å². The van der Waals surface area contributed by atoms with Crippen LogP contribution in [0.5, 0.6) is 0 Å². The van der Waals surface area contributed by atoms with E-state index in [-0.39, 0.29) is 5.91 Å². The van der Waals surface area contributed by atoms with Crippen molar-refractivity contribution in [3.8, 4) is 0 Å². The van der Waals surface area contributed by atoms with Crippen molar-refractivity contribution in [3.63, 3.8) is 0 Å². The predicted molar refractivity (Wildman–Crippen MR) is 49.8 cm³/mol. The molecule has 0 aromatic rings. The third kappa shape index (κ3) is 1.97. The van der Waals surface area contributed by atoms with Crippen LogP contribution in [-0.4, -0.2) is 23.9 Å². The quantitative estimate of drug-likeness (QED) is 0.451. The van der Waals surface area contributed by atoms with E-state index in [1.807, 2.05) is 4.90 Å². The molecule has 0 aliphatic carbocycles. The van der Waals surface area contributed by atoms with Crippen LogP contribution >= 0.6 is 0 Å². The van der Waals surface area contributed by atoms with Crippen LogP contribution in [0.3, 0.4) is 0 Å². The average Bonchev–Trinajstić information content (AvgIpc) is 2.17. The van der Waals surface area contributed by atoms with Crippen LogP contribution in [0, 0.1) is 0 Å². The molecule has 0 radical (unpaired) electrons. The highest BCUT2D eigenvalue weighted by molar-refractivity contribution is 5.95. The molecule has 0 unspecified atom stereocenters. The van der Waals surface area contributed by atoms with Crippen molar-refractivity contribution in [2.24, 2.45) is 0 Å². The van der Waals surface area contributed by atoms with Crippen molar-refractivity contribution in [3.05, 3.63) is 24.8 Å². The summed E-state index contributed by atoms with van der Waals surface area (Å²) in [5, 5.41) is 0. The number of hydrogen-bond donors (Lipinski definition) is 0. The molecule has 0 N–H and O–H groups in total. The van der Waals surface area contributed by atoms with Gasteiger partial charge in [-0.1, -0.05) is 19.2 Å². The SMILES string of the molecule is C=CC(=C)C(=O)N1CCCCC1. The number of piperidine rings is 1. The molecule has 0 bridgehead atoms. The first-order valence-corrected chi connectivity index (χ1v) is 4.36. The first kappa shape index (κ1) is 9.04. The number of nitrogens with zero attached hydrogens (tertiary/aromatic N) is 1. The summed E-state index contributed by atoms with van der Waals surface area (Å²) < 4.78 is 0. The van der Waals surface area contributed by atoms with Crippen LogP contribution in [0.25, 0.3) is 0 Å². The van der Waals surface area contributed by atoms with Crippen molar-refractivity contribution >= 4 is 5.91 Å². The fourth-order valence-electron chi connectivity index (χ4n) is 1.39. The highest BCUT2D eigenvalue weighted by atomic mass is 16.2. The smallest absolute Gasteiger partial charge is 0.253 e. The van der Waals surface area contributed by atoms with Crippen LogP contribution in [0.4, 0.5) is 0 Å². The van der Waals surface area contributed by atoms with Gasteiger partial charge in [0.05, 0.1) is 0 Å². The minimum absolute atomic E-state index is 0.0460. The maximum Gasteiger partial charge on any atom is 0.253 e. The number of carbonyl (C=O) groups excluding carboxylic acids is 1. The largest absolute Gasteiger partial charge is 0.339 e. The molecule has 12 heavy (non-hydrogen) atoms. The van der Waals surface area contributed by atoms with Gasteiger partial charge in [0.1, 0.15) is 0 Å². The maximum atomic E-state index is 11.5. The highest BCUT2D eigenvalue weighted by Gasteiger charge is 2.16. The fourth-order valence-corrected chi connectivity index (χ4v) is 1.39. The molecular weight excluding hydrogens is 150 g/mol. The van der Waals surface area contributed by atoms with E-state index in [0.29, 0.717) is 5.57 Å². The van der Waals surface area contributed by atoms with Crippen molar-refractivity contribution in [2.75, 3.05) is 13.1 Å². The van der Waals surface area contributed by atoms with Gasteiger partial charge in [-0.3, -0.25) is 4.79 Å². The first-order valence-electron chi connectivity index (χ1n) is 4.36. The van der Waals surface area contributed by atoms with Gasteiger partial charge >= 0.3 is 0 Å². The Labute approximate surface area is 73.6 Å². The number of likely N-dealkylation sites (tertiary alicyclic amines) is 1. The van der Waals surface area contributed by atoms with Gasteiger partial charge < -0.3 is 4.90 Å². The molecule has 1 aliphatic heterocycles. The van der Waals surface area contributed by atoms with Crippen LogP contribution in [0.1, 0.15) is 19.3 Å². The number of rotatable bonds is 2. The molecule has 1 heterocycles. The van der Waals surface area contributed by atoms with Gasteiger partial charge in [-0.05, 0) is 19.3 Å². The monoisotopic (exact) mass is 165 g/mol. The summed E-state index contributed by atoms with van der Waals surface area (Å²) in [6.07, 6.45) is 5.01. The van der Waals surface area contributed by atoms with Crippen LogP contribution in [0.15, 0.2) is 24.8 Å². The van der Waals surface area contributed by atoms with Crippen molar-refractivity contribution < 1.29 is 4.79 Å². The summed E-state index contributed by atoms with van der Waals surface area (Å²) in [6, 6.07) is 0. The van der Waals surface area contributed by atoms with Gasteiger partial charge in [-0.2, -0.15) is 0 Å². The molecule has 0 saturated carbocycles. The Kier molecular flexibility index (Phi) is 3.09. The zero-order valence-electron chi connectivity index (χ0n) is 7.38. The molecule has 1 aliphatic rings. The van der Waals surface area contributed by atoms with Gasteiger partial charge in [0.15, 0.2) is 0 Å². The standard InChI is InChI=1S/C10H15NO/c1-3-9(2)10(12)11-7-5-4-6-8-11/h3H,1-2,4-8H2. The van der Waals surface area contributed by atoms with E-state index in [4.69, 9.17) is 0 Å². The lowest BCUT2D eigenvalue weighted by Crippen LogP contribution is -2.35. The molecule has 1 fully saturated rings. The summed E-state index contributed by atoms with van der Waals surface area (Å²) >= 11 is 0. The molecule has 66 valence electrons. The zero-order chi connectivity index (χ0) is 8.97. The Morgan fingerprint density at radius 3 is 2.33 bits per heavy atom. The molecule has 2 heteroatoms. The molecular formula is C10H15NO. The minimum atomic E-state index is 0.0460. The fraction of sp³-hybridized carbons (Fsp3) is 0.500. The minimum Gasteiger partial charge on any atom is -0.339 e. The first-order chi connectivity index (χ1) is 5.75. The van der Waals surface area contributed by atoms with Crippen LogP contribution in [0.2, 0.25) is 0 Å². The number of hydrogen-bond acceptors (Lipinski definition) is 1. The Bertz CT molecular complexity index is 202. The van der Waals surface area contributed by atoms with Crippen LogP contribution < -0.4 is 0 Å². The average molecular weight is 165 g/mol. The lowest BCUT2D eigenvalue weighted by Gasteiger charge is -2.26. The molecule has 0 atom stereocenters. The Morgan fingerprint density at radius 2 is 1.83 bits per heavy atom. The number of carbonyl (C=O) groups is 1. The molecule has 1 saturated heterocycles. The molecule has 1 rings (SSSR count). The second kappa shape index (κ2) is 4.10. The Balaban J connectivity index is 2.50. The molecule has 1 amide bonds. The predicted octanol–water partition coefficient (Wildman–Crippen LogP) is 1.74.